The zero-order chi connectivity index (χ0) is 17.8. The van der Waals surface area contributed by atoms with E-state index in [-0.39, 0.29) is 24.8 Å². The fraction of sp³-hybridized carbons (Fsp3) is 0.800. The summed E-state index contributed by atoms with van der Waals surface area (Å²) in [4.78, 5) is 18.3. The van der Waals surface area contributed by atoms with Crippen molar-refractivity contribution in [2.75, 3.05) is 31.9 Å². The first kappa shape index (κ1) is 16.9. The van der Waals surface area contributed by atoms with Crippen molar-refractivity contribution in [2.45, 2.75) is 32.2 Å². The number of aromatic nitrogens is 2. The van der Waals surface area contributed by atoms with Gasteiger partial charge in [-0.25, -0.2) is 12.7 Å². The number of carboxylic acid groups (broad SMARTS) is 1. The zero-order valence-electron chi connectivity index (χ0n) is 14.1. The van der Waals surface area contributed by atoms with Gasteiger partial charge in [-0.1, -0.05) is 5.16 Å². The summed E-state index contributed by atoms with van der Waals surface area (Å²) in [5, 5.41) is 13.8. The van der Waals surface area contributed by atoms with Crippen LogP contribution in [0.5, 0.6) is 0 Å². The van der Waals surface area contributed by atoms with Gasteiger partial charge in [-0.15, -0.1) is 0 Å². The third-order valence-corrected chi connectivity index (χ3v) is 7.41. The summed E-state index contributed by atoms with van der Waals surface area (Å²) in [7, 11) is -3.38. The van der Waals surface area contributed by atoms with Crippen LogP contribution in [0.1, 0.15) is 37.4 Å². The van der Waals surface area contributed by atoms with Crippen molar-refractivity contribution >= 4 is 16.0 Å². The number of aliphatic carboxylic acids is 1. The second-order valence-corrected chi connectivity index (χ2v) is 9.60. The van der Waals surface area contributed by atoms with Crippen LogP contribution in [0.3, 0.4) is 0 Å². The van der Waals surface area contributed by atoms with E-state index >= 15 is 0 Å². The Hall–Kier alpha value is -1.52. The van der Waals surface area contributed by atoms with Crippen LogP contribution in [0, 0.1) is 11.3 Å². The summed E-state index contributed by atoms with van der Waals surface area (Å²) in [5.74, 6) is 0.484. The van der Waals surface area contributed by atoms with E-state index in [2.05, 4.69) is 10.1 Å². The van der Waals surface area contributed by atoms with E-state index < -0.39 is 21.4 Å². The molecule has 138 valence electrons. The molecule has 9 nitrogen and oxygen atoms in total. The molecule has 0 spiro atoms. The van der Waals surface area contributed by atoms with Crippen LogP contribution >= 0.6 is 0 Å². The van der Waals surface area contributed by atoms with Crippen molar-refractivity contribution in [3.8, 4) is 0 Å². The largest absolute Gasteiger partial charge is 0.481 e. The molecule has 1 aromatic heterocycles. The van der Waals surface area contributed by atoms with Crippen LogP contribution in [-0.2, 0) is 21.4 Å². The molecule has 1 saturated carbocycles. The molecule has 1 aliphatic carbocycles. The van der Waals surface area contributed by atoms with Gasteiger partial charge in [0, 0.05) is 38.0 Å². The highest BCUT2D eigenvalue weighted by atomic mass is 32.2. The fourth-order valence-corrected chi connectivity index (χ4v) is 5.17. The lowest BCUT2D eigenvalue weighted by atomic mass is 9.81. The Morgan fingerprint density at radius 2 is 2.12 bits per heavy atom. The summed E-state index contributed by atoms with van der Waals surface area (Å²) in [6.07, 6.45) is 2.18. The second-order valence-electron chi connectivity index (χ2n) is 7.34. The van der Waals surface area contributed by atoms with Gasteiger partial charge in [-0.05, 0) is 19.8 Å². The molecule has 3 fully saturated rings. The van der Waals surface area contributed by atoms with E-state index in [9.17, 15) is 18.3 Å². The first-order valence-corrected chi connectivity index (χ1v) is 10.2. The number of hydrogen-bond acceptors (Lipinski definition) is 7. The van der Waals surface area contributed by atoms with Crippen molar-refractivity contribution in [1.82, 2.24) is 19.3 Å². The standard InChI is InChI=1S/C15H22N4O5S/c1-2-25(22,23)19-6-11-5-18(8-15(11,9-19)14(20)21)7-12-16-13(17-24-12)10-3-4-10/h10-11H,2-9H2,1H3,(H,20,21)/t11-,15-/m1/s1. The molecule has 3 aliphatic rings. The van der Waals surface area contributed by atoms with Crippen molar-refractivity contribution in [1.29, 1.82) is 0 Å². The highest BCUT2D eigenvalue weighted by molar-refractivity contribution is 7.89. The third kappa shape index (κ3) is 2.85. The van der Waals surface area contributed by atoms with Crippen molar-refractivity contribution in [3.05, 3.63) is 11.7 Å². The number of carboxylic acids is 1. The average molecular weight is 370 g/mol. The molecule has 2 aliphatic heterocycles. The Balaban J connectivity index is 1.48. The van der Waals surface area contributed by atoms with Crippen molar-refractivity contribution in [2.24, 2.45) is 11.3 Å². The first-order chi connectivity index (χ1) is 11.8. The van der Waals surface area contributed by atoms with E-state index in [1.165, 1.54) is 4.31 Å². The lowest BCUT2D eigenvalue weighted by molar-refractivity contribution is -0.148. The van der Waals surface area contributed by atoms with Gasteiger partial charge >= 0.3 is 5.97 Å². The molecule has 0 radical (unpaired) electrons. The summed E-state index contributed by atoms with van der Waals surface area (Å²) in [6, 6.07) is 0. The Morgan fingerprint density at radius 3 is 2.72 bits per heavy atom. The van der Waals surface area contributed by atoms with Crippen LogP contribution in [0.15, 0.2) is 4.52 Å². The van der Waals surface area contributed by atoms with Crippen molar-refractivity contribution in [3.63, 3.8) is 0 Å². The van der Waals surface area contributed by atoms with Gasteiger partial charge in [0.15, 0.2) is 5.82 Å². The van der Waals surface area contributed by atoms with Gasteiger partial charge in [0.1, 0.15) is 0 Å². The molecule has 0 unspecified atom stereocenters. The number of sulfonamides is 1. The zero-order valence-corrected chi connectivity index (χ0v) is 14.9. The van der Waals surface area contributed by atoms with Gasteiger partial charge in [0.05, 0.1) is 17.7 Å². The monoisotopic (exact) mass is 370 g/mol. The quantitative estimate of drug-likeness (QED) is 0.750. The van der Waals surface area contributed by atoms with E-state index in [1.54, 1.807) is 6.92 Å². The second kappa shape index (κ2) is 5.75. The topological polar surface area (TPSA) is 117 Å². The smallest absolute Gasteiger partial charge is 0.312 e. The predicted molar refractivity (Wildman–Crippen MR) is 86.1 cm³/mol. The minimum Gasteiger partial charge on any atom is -0.481 e. The van der Waals surface area contributed by atoms with E-state index in [4.69, 9.17) is 4.52 Å². The average Bonchev–Trinajstić information content (AvgIpc) is 3.03. The third-order valence-electron chi connectivity index (χ3n) is 5.62. The Bertz CT molecular complexity index is 790. The molecule has 1 N–H and O–H groups in total. The molecule has 2 atom stereocenters. The molecule has 1 aromatic rings. The van der Waals surface area contributed by atoms with Crippen LogP contribution in [0.25, 0.3) is 0 Å². The molecule has 10 heteroatoms. The highest BCUT2D eigenvalue weighted by Crippen LogP contribution is 2.44. The number of fused-ring (bicyclic) bond motifs is 1. The molecule has 0 bridgehead atoms. The van der Waals surface area contributed by atoms with Gasteiger partial charge in [0.2, 0.25) is 15.9 Å². The maximum Gasteiger partial charge on any atom is 0.312 e. The molecule has 0 aromatic carbocycles. The molecule has 2 saturated heterocycles. The number of rotatable bonds is 6. The van der Waals surface area contributed by atoms with Gasteiger partial charge in [-0.3, -0.25) is 9.69 Å². The number of carbonyl (C=O) groups is 1. The van der Waals surface area contributed by atoms with Crippen LogP contribution in [-0.4, -0.2) is 70.8 Å². The van der Waals surface area contributed by atoms with Gasteiger partial charge < -0.3 is 9.63 Å². The highest BCUT2D eigenvalue weighted by Gasteiger charge is 2.59. The van der Waals surface area contributed by atoms with E-state index in [1.807, 2.05) is 4.90 Å². The first-order valence-electron chi connectivity index (χ1n) is 8.60. The summed E-state index contributed by atoms with van der Waals surface area (Å²) < 4.78 is 30.9. The molecule has 3 heterocycles. The number of nitrogens with zero attached hydrogens (tertiary/aromatic N) is 4. The minimum absolute atomic E-state index is 0.00887. The SMILES string of the molecule is CCS(=O)(=O)N1C[C@H]2CN(Cc3nc(C4CC4)no3)C[C@@]2(C(=O)O)C1. The number of likely N-dealkylation sites (tertiary alicyclic amines) is 1. The Morgan fingerprint density at radius 1 is 1.36 bits per heavy atom. The lowest BCUT2D eigenvalue weighted by Crippen LogP contribution is -2.42. The Kier molecular flexibility index (Phi) is 3.89. The van der Waals surface area contributed by atoms with Crippen LogP contribution in [0.4, 0.5) is 0 Å². The molecule has 0 amide bonds. The van der Waals surface area contributed by atoms with E-state index in [0.29, 0.717) is 31.4 Å². The summed E-state index contributed by atoms with van der Waals surface area (Å²) in [5.41, 5.74) is -1.05. The van der Waals surface area contributed by atoms with Gasteiger partial charge in [0.25, 0.3) is 0 Å². The normalized spacial score (nSPS) is 30.7. The predicted octanol–water partition coefficient (Wildman–Crippen LogP) is 0.115. The summed E-state index contributed by atoms with van der Waals surface area (Å²) >= 11 is 0. The van der Waals surface area contributed by atoms with Gasteiger partial charge in [-0.2, -0.15) is 4.98 Å². The maximum atomic E-state index is 12.1. The molecule has 25 heavy (non-hydrogen) atoms. The lowest BCUT2D eigenvalue weighted by Gasteiger charge is -2.24. The minimum atomic E-state index is -3.38. The van der Waals surface area contributed by atoms with Crippen LogP contribution in [0.2, 0.25) is 0 Å². The molecule has 4 rings (SSSR count). The fourth-order valence-electron chi connectivity index (χ4n) is 3.97. The van der Waals surface area contributed by atoms with Crippen molar-refractivity contribution < 1.29 is 22.8 Å². The number of hydrogen-bond donors (Lipinski definition) is 1. The molecular weight excluding hydrogens is 348 g/mol. The Labute approximate surface area is 146 Å². The summed E-state index contributed by atoms with van der Waals surface area (Å²) in [6.45, 7) is 3.10. The maximum absolute atomic E-state index is 12.1. The van der Waals surface area contributed by atoms with E-state index in [0.717, 1.165) is 18.7 Å². The van der Waals surface area contributed by atoms with Crippen LogP contribution < -0.4 is 0 Å². The molecular formula is C15H22N4O5S.